The second kappa shape index (κ2) is 5.60. The van der Waals surface area contributed by atoms with Gasteiger partial charge in [-0.25, -0.2) is 0 Å². The Kier molecular flexibility index (Phi) is 4.40. The van der Waals surface area contributed by atoms with E-state index in [9.17, 15) is 4.79 Å². The second-order valence-electron chi connectivity index (χ2n) is 3.59. The van der Waals surface area contributed by atoms with Gasteiger partial charge in [-0.15, -0.1) is 0 Å². The SMILES string of the molecule is CCCNC(C)Cn1ccc(=O)cc1. The van der Waals surface area contributed by atoms with E-state index in [2.05, 4.69) is 19.2 Å². The molecule has 0 amide bonds. The van der Waals surface area contributed by atoms with Crippen LogP contribution in [-0.2, 0) is 6.54 Å². The largest absolute Gasteiger partial charge is 0.352 e. The van der Waals surface area contributed by atoms with Gasteiger partial charge in [0.05, 0.1) is 0 Å². The quantitative estimate of drug-likeness (QED) is 0.765. The lowest BCUT2D eigenvalue weighted by Gasteiger charge is -2.14. The summed E-state index contributed by atoms with van der Waals surface area (Å²) in [6.45, 7) is 6.24. The summed E-state index contributed by atoms with van der Waals surface area (Å²) >= 11 is 0. The molecule has 1 N–H and O–H groups in total. The average molecular weight is 194 g/mol. The first-order valence-corrected chi connectivity index (χ1v) is 5.12. The van der Waals surface area contributed by atoms with Gasteiger partial charge in [-0.2, -0.15) is 0 Å². The van der Waals surface area contributed by atoms with Gasteiger partial charge in [0.1, 0.15) is 0 Å². The van der Waals surface area contributed by atoms with Crippen molar-refractivity contribution >= 4 is 0 Å². The van der Waals surface area contributed by atoms with Crippen LogP contribution in [0.2, 0.25) is 0 Å². The second-order valence-corrected chi connectivity index (χ2v) is 3.59. The summed E-state index contributed by atoms with van der Waals surface area (Å²) in [7, 11) is 0. The van der Waals surface area contributed by atoms with Crippen LogP contribution in [0.25, 0.3) is 0 Å². The fourth-order valence-corrected chi connectivity index (χ4v) is 1.34. The van der Waals surface area contributed by atoms with E-state index in [1.54, 1.807) is 12.1 Å². The first-order chi connectivity index (χ1) is 6.72. The van der Waals surface area contributed by atoms with Crippen molar-refractivity contribution in [3.05, 3.63) is 34.7 Å². The molecule has 0 aliphatic carbocycles. The molecule has 0 radical (unpaired) electrons. The minimum absolute atomic E-state index is 0.0652. The third kappa shape index (κ3) is 3.75. The molecule has 1 atom stereocenters. The van der Waals surface area contributed by atoms with E-state index in [1.165, 1.54) is 0 Å². The minimum Gasteiger partial charge on any atom is -0.352 e. The maximum absolute atomic E-state index is 10.9. The molecule has 1 aromatic heterocycles. The summed E-state index contributed by atoms with van der Waals surface area (Å²) in [5, 5.41) is 3.40. The molecule has 3 nitrogen and oxygen atoms in total. The molecule has 0 aliphatic heterocycles. The number of aromatic nitrogens is 1. The van der Waals surface area contributed by atoms with Crippen LogP contribution in [0.4, 0.5) is 0 Å². The molecule has 0 saturated heterocycles. The van der Waals surface area contributed by atoms with E-state index in [0.29, 0.717) is 6.04 Å². The van der Waals surface area contributed by atoms with Crippen LogP contribution in [0.3, 0.4) is 0 Å². The van der Waals surface area contributed by atoms with E-state index in [0.717, 1.165) is 19.5 Å². The van der Waals surface area contributed by atoms with E-state index in [4.69, 9.17) is 0 Å². The maximum Gasteiger partial charge on any atom is 0.181 e. The molecule has 0 aromatic carbocycles. The Morgan fingerprint density at radius 1 is 1.43 bits per heavy atom. The van der Waals surface area contributed by atoms with Crippen molar-refractivity contribution in [2.45, 2.75) is 32.9 Å². The summed E-state index contributed by atoms with van der Waals surface area (Å²) in [4.78, 5) is 10.9. The molecule has 0 bridgehead atoms. The first-order valence-electron chi connectivity index (χ1n) is 5.12. The number of hydrogen-bond donors (Lipinski definition) is 1. The Morgan fingerprint density at radius 3 is 2.64 bits per heavy atom. The summed E-state index contributed by atoms with van der Waals surface area (Å²) in [5.41, 5.74) is 0.0652. The molecule has 1 aromatic rings. The van der Waals surface area contributed by atoms with Gasteiger partial charge in [0, 0.05) is 37.1 Å². The fraction of sp³-hybridized carbons (Fsp3) is 0.545. The summed E-state index contributed by atoms with van der Waals surface area (Å²) in [6.07, 6.45) is 4.80. The van der Waals surface area contributed by atoms with Crippen molar-refractivity contribution in [2.75, 3.05) is 6.54 Å². The van der Waals surface area contributed by atoms with Gasteiger partial charge in [-0.1, -0.05) is 6.92 Å². The van der Waals surface area contributed by atoms with Crippen LogP contribution in [0.15, 0.2) is 29.3 Å². The van der Waals surface area contributed by atoms with Crippen molar-refractivity contribution in [1.29, 1.82) is 0 Å². The third-order valence-electron chi connectivity index (χ3n) is 2.09. The van der Waals surface area contributed by atoms with E-state index in [-0.39, 0.29) is 5.43 Å². The smallest absolute Gasteiger partial charge is 0.181 e. The van der Waals surface area contributed by atoms with Crippen molar-refractivity contribution in [3.8, 4) is 0 Å². The van der Waals surface area contributed by atoms with Gasteiger partial charge in [0.25, 0.3) is 0 Å². The Labute approximate surface area is 84.8 Å². The van der Waals surface area contributed by atoms with Crippen LogP contribution in [0, 0.1) is 0 Å². The zero-order valence-electron chi connectivity index (χ0n) is 8.86. The van der Waals surface area contributed by atoms with Gasteiger partial charge in [0.15, 0.2) is 5.43 Å². The number of rotatable bonds is 5. The van der Waals surface area contributed by atoms with E-state index < -0.39 is 0 Å². The highest BCUT2D eigenvalue weighted by molar-refractivity contribution is 4.93. The lowest BCUT2D eigenvalue weighted by Crippen LogP contribution is -2.31. The molecule has 1 unspecified atom stereocenters. The Morgan fingerprint density at radius 2 is 2.07 bits per heavy atom. The number of pyridine rings is 1. The minimum atomic E-state index is 0.0652. The molecule has 0 saturated carbocycles. The van der Waals surface area contributed by atoms with Crippen LogP contribution in [-0.4, -0.2) is 17.2 Å². The van der Waals surface area contributed by atoms with Gasteiger partial charge in [-0.3, -0.25) is 4.79 Å². The highest BCUT2D eigenvalue weighted by Crippen LogP contribution is 1.90. The predicted octanol–water partition coefficient (Wildman–Crippen LogP) is 1.24. The van der Waals surface area contributed by atoms with Crippen LogP contribution >= 0.6 is 0 Å². The van der Waals surface area contributed by atoms with Crippen molar-refractivity contribution in [2.24, 2.45) is 0 Å². The zero-order chi connectivity index (χ0) is 10.4. The Hall–Kier alpha value is -1.09. The lowest BCUT2D eigenvalue weighted by atomic mass is 10.3. The van der Waals surface area contributed by atoms with Gasteiger partial charge < -0.3 is 9.88 Å². The van der Waals surface area contributed by atoms with Crippen molar-refractivity contribution in [3.63, 3.8) is 0 Å². The van der Waals surface area contributed by atoms with Crippen molar-refractivity contribution < 1.29 is 0 Å². The van der Waals surface area contributed by atoms with Crippen LogP contribution in [0.1, 0.15) is 20.3 Å². The molecule has 0 aliphatic rings. The first kappa shape index (κ1) is 11.0. The topological polar surface area (TPSA) is 34.0 Å². The molecule has 14 heavy (non-hydrogen) atoms. The van der Waals surface area contributed by atoms with Crippen LogP contribution in [0.5, 0.6) is 0 Å². The molecule has 1 rings (SSSR count). The van der Waals surface area contributed by atoms with Gasteiger partial charge >= 0.3 is 0 Å². The molecular weight excluding hydrogens is 176 g/mol. The summed E-state index contributed by atoms with van der Waals surface area (Å²) in [5.74, 6) is 0. The molecule has 1 heterocycles. The molecule has 0 fully saturated rings. The molecule has 0 spiro atoms. The Balaban J connectivity index is 2.43. The fourth-order valence-electron chi connectivity index (χ4n) is 1.34. The third-order valence-corrected chi connectivity index (χ3v) is 2.09. The molecule has 78 valence electrons. The highest BCUT2D eigenvalue weighted by atomic mass is 16.1. The summed E-state index contributed by atoms with van der Waals surface area (Å²) in [6, 6.07) is 3.62. The van der Waals surface area contributed by atoms with Crippen molar-refractivity contribution in [1.82, 2.24) is 9.88 Å². The monoisotopic (exact) mass is 194 g/mol. The normalized spacial score (nSPS) is 12.7. The predicted molar refractivity (Wildman–Crippen MR) is 58.5 cm³/mol. The number of nitrogens with one attached hydrogen (secondary N) is 1. The van der Waals surface area contributed by atoms with Gasteiger partial charge in [-0.05, 0) is 19.9 Å². The number of nitrogens with zero attached hydrogens (tertiary/aromatic N) is 1. The van der Waals surface area contributed by atoms with E-state index >= 15 is 0 Å². The standard InChI is InChI=1S/C11H18N2O/c1-3-6-12-10(2)9-13-7-4-11(14)5-8-13/h4-5,7-8,10,12H,3,6,9H2,1-2H3. The van der Waals surface area contributed by atoms with E-state index in [1.807, 2.05) is 17.0 Å². The molecular formula is C11H18N2O. The lowest BCUT2D eigenvalue weighted by molar-refractivity contribution is 0.476. The maximum atomic E-state index is 10.9. The van der Waals surface area contributed by atoms with Gasteiger partial charge in [0.2, 0.25) is 0 Å². The summed E-state index contributed by atoms with van der Waals surface area (Å²) < 4.78 is 2.02. The Bertz CT molecular complexity index is 299. The zero-order valence-corrected chi connectivity index (χ0v) is 8.86. The molecule has 3 heteroatoms. The number of hydrogen-bond acceptors (Lipinski definition) is 2. The highest BCUT2D eigenvalue weighted by Gasteiger charge is 1.99. The average Bonchev–Trinajstić information content (AvgIpc) is 2.18. The van der Waals surface area contributed by atoms with Crippen LogP contribution < -0.4 is 10.7 Å².